The molecule has 0 radical (unpaired) electrons. The molecule has 0 saturated carbocycles. The summed E-state index contributed by atoms with van der Waals surface area (Å²) in [5, 5.41) is 0. The Bertz CT molecular complexity index is 320. The zero-order valence-electron chi connectivity index (χ0n) is 7.35. The molecular formula is C12H12S. The highest BCUT2D eigenvalue weighted by Crippen LogP contribution is 2.10. The predicted octanol–water partition coefficient (Wildman–Crippen LogP) is 3.70. The summed E-state index contributed by atoms with van der Waals surface area (Å²) < 4.78 is 0. The molecular weight excluding hydrogens is 176 g/mol. The number of thiol groups is 1. The Labute approximate surface area is 84.7 Å². The van der Waals surface area contributed by atoms with E-state index in [1.165, 1.54) is 0 Å². The number of allylic oxidation sites excluding steroid dienone is 3. The van der Waals surface area contributed by atoms with Crippen LogP contribution in [0.3, 0.4) is 0 Å². The molecule has 0 bridgehead atoms. The molecule has 0 nitrogen and oxygen atoms in total. The van der Waals surface area contributed by atoms with Gasteiger partial charge in [0.25, 0.3) is 0 Å². The lowest BCUT2D eigenvalue weighted by Crippen LogP contribution is -1.70. The second kappa shape index (κ2) is 5.44. The van der Waals surface area contributed by atoms with Crippen molar-refractivity contribution in [1.29, 1.82) is 0 Å². The van der Waals surface area contributed by atoms with Gasteiger partial charge >= 0.3 is 0 Å². The molecule has 0 heterocycles. The Morgan fingerprint density at radius 1 is 1.23 bits per heavy atom. The summed E-state index contributed by atoms with van der Waals surface area (Å²) in [6.07, 6.45) is 7.50. The minimum absolute atomic E-state index is 0.922. The molecule has 0 unspecified atom stereocenters. The van der Waals surface area contributed by atoms with Gasteiger partial charge in [0, 0.05) is 4.91 Å². The van der Waals surface area contributed by atoms with Crippen LogP contribution in [0.2, 0.25) is 0 Å². The van der Waals surface area contributed by atoms with Crippen molar-refractivity contribution in [3.63, 3.8) is 0 Å². The Hall–Kier alpha value is -1.21. The van der Waals surface area contributed by atoms with Crippen molar-refractivity contribution in [2.24, 2.45) is 0 Å². The molecule has 0 N–H and O–H groups in total. The number of hydrogen-bond acceptors (Lipinski definition) is 1. The van der Waals surface area contributed by atoms with E-state index in [0.717, 1.165) is 10.5 Å². The van der Waals surface area contributed by atoms with Gasteiger partial charge in [0.05, 0.1) is 0 Å². The fraction of sp³-hybridized carbons (Fsp3) is 0. The summed E-state index contributed by atoms with van der Waals surface area (Å²) in [5.41, 5.74) is 1.15. The van der Waals surface area contributed by atoms with Gasteiger partial charge in [-0.25, -0.2) is 0 Å². The molecule has 1 rings (SSSR count). The van der Waals surface area contributed by atoms with Crippen molar-refractivity contribution < 1.29 is 0 Å². The van der Waals surface area contributed by atoms with Gasteiger partial charge in [-0.15, -0.1) is 12.6 Å². The van der Waals surface area contributed by atoms with Gasteiger partial charge in [0.15, 0.2) is 0 Å². The minimum atomic E-state index is 0.922. The average molecular weight is 188 g/mol. The molecule has 66 valence electrons. The number of benzene rings is 1. The Morgan fingerprint density at radius 3 is 2.54 bits per heavy atom. The van der Waals surface area contributed by atoms with E-state index < -0.39 is 0 Å². The summed E-state index contributed by atoms with van der Waals surface area (Å²) >= 11 is 4.30. The Balaban J connectivity index is 2.76. The first-order valence-electron chi connectivity index (χ1n) is 4.08. The van der Waals surface area contributed by atoms with E-state index in [1.807, 2.05) is 48.6 Å². The molecule has 13 heavy (non-hydrogen) atoms. The first-order chi connectivity index (χ1) is 6.33. The van der Waals surface area contributed by atoms with Crippen LogP contribution in [0.25, 0.3) is 6.08 Å². The van der Waals surface area contributed by atoms with Crippen molar-refractivity contribution in [3.8, 4) is 0 Å². The lowest BCUT2D eigenvalue weighted by Gasteiger charge is -1.92. The normalized spacial score (nSPS) is 11.9. The highest BCUT2D eigenvalue weighted by molar-refractivity contribution is 7.84. The van der Waals surface area contributed by atoms with Gasteiger partial charge in [0.1, 0.15) is 0 Å². The van der Waals surface area contributed by atoms with Crippen LogP contribution in [0.1, 0.15) is 5.56 Å². The highest BCUT2D eigenvalue weighted by atomic mass is 32.1. The van der Waals surface area contributed by atoms with Crippen molar-refractivity contribution in [2.45, 2.75) is 0 Å². The van der Waals surface area contributed by atoms with E-state index >= 15 is 0 Å². The van der Waals surface area contributed by atoms with Crippen molar-refractivity contribution in [1.82, 2.24) is 0 Å². The summed E-state index contributed by atoms with van der Waals surface area (Å²) in [7, 11) is 0. The smallest absolute Gasteiger partial charge is 0.00459 e. The zero-order valence-corrected chi connectivity index (χ0v) is 8.24. The van der Waals surface area contributed by atoms with Crippen molar-refractivity contribution >= 4 is 18.7 Å². The zero-order chi connectivity index (χ0) is 9.52. The van der Waals surface area contributed by atoms with Crippen LogP contribution in [0, 0.1) is 0 Å². The van der Waals surface area contributed by atoms with Gasteiger partial charge in [-0.1, -0.05) is 49.1 Å². The van der Waals surface area contributed by atoms with Gasteiger partial charge in [-0.3, -0.25) is 0 Å². The molecule has 0 atom stereocenters. The summed E-state index contributed by atoms with van der Waals surface area (Å²) in [4.78, 5) is 0.922. The topological polar surface area (TPSA) is 0 Å². The van der Waals surface area contributed by atoms with Gasteiger partial charge < -0.3 is 0 Å². The largest absolute Gasteiger partial charge is 0.143 e. The molecule has 0 aromatic heterocycles. The quantitative estimate of drug-likeness (QED) is 0.542. The molecule has 0 amide bonds. The molecule has 1 heteroatoms. The van der Waals surface area contributed by atoms with E-state index in [2.05, 4.69) is 19.2 Å². The Morgan fingerprint density at radius 2 is 1.92 bits per heavy atom. The van der Waals surface area contributed by atoms with E-state index in [-0.39, 0.29) is 0 Å². The summed E-state index contributed by atoms with van der Waals surface area (Å²) in [6.45, 7) is 3.59. The average Bonchev–Trinajstić information content (AvgIpc) is 2.16. The van der Waals surface area contributed by atoms with Crippen LogP contribution in [-0.4, -0.2) is 0 Å². The van der Waals surface area contributed by atoms with Crippen LogP contribution in [0.15, 0.2) is 60.0 Å². The Kier molecular flexibility index (Phi) is 4.13. The van der Waals surface area contributed by atoms with Crippen molar-refractivity contribution in [3.05, 3.63) is 65.6 Å². The van der Waals surface area contributed by atoms with Crippen LogP contribution in [0.4, 0.5) is 0 Å². The minimum Gasteiger partial charge on any atom is -0.143 e. The van der Waals surface area contributed by atoms with E-state index in [1.54, 1.807) is 6.08 Å². The molecule has 0 fully saturated rings. The maximum atomic E-state index is 4.30. The van der Waals surface area contributed by atoms with Crippen LogP contribution >= 0.6 is 12.6 Å². The molecule has 0 aliphatic rings. The fourth-order valence-electron chi connectivity index (χ4n) is 0.935. The first kappa shape index (κ1) is 9.87. The second-order valence-corrected chi connectivity index (χ2v) is 3.09. The third-order valence-corrected chi connectivity index (χ3v) is 1.80. The lowest BCUT2D eigenvalue weighted by atomic mass is 10.2. The van der Waals surface area contributed by atoms with E-state index in [4.69, 9.17) is 0 Å². The first-order valence-corrected chi connectivity index (χ1v) is 4.52. The lowest BCUT2D eigenvalue weighted by molar-refractivity contribution is 1.66. The second-order valence-electron chi connectivity index (χ2n) is 2.57. The number of rotatable bonds is 3. The molecule has 0 aliphatic carbocycles. The highest BCUT2D eigenvalue weighted by Gasteiger charge is 1.85. The summed E-state index contributed by atoms with van der Waals surface area (Å²) in [5.74, 6) is 0. The van der Waals surface area contributed by atoms with E-state index in [9.17, 15) is 0 Å². The monoisotopic (exact) mass is 188 g/mol. The van der Waals surface area contributed by atoms with Crippen LogP contribution < -0.4 is 0 Å². The van der Waals surface area contributed by atoms with Crippen LogP contribution in [-0.2, 0) is 0 Å². The summed E-state index contributed by atoms with van der Waals surface area (Å²) in [6, 6.07) is 10.1. The molecule has 0 spiro atoms. The van der Waals surface area contributed by atoms with Crippen LogP contribution in [0.5, 0.6) is 0 Å². The SMILES string of the molecule is C=CC=CC(S)=Cc1ccccc1. The third-order valence-electron chi connectivity index (χ3n) is 1.52. The fourth-order valence-corrected chi connectivity index (χ4v) is 1.17. The number of hydrogen-bond donors (Lipinski definition) is 1. The standard InChI is InChI=1S/C12H12S/c1-2-3-9-12(13)10-11-7-5-4-6-8-11/h2-10,13H,1H2. The molecule has 1 aromatic carbocycles. The molecule has 0 saturated heterocycles. The van der Waals surface area contributed by atoms with Gasteiger partial charge in [-0.05, 0) is 17.7 Å². The third kappa shape index (κ3) is 3.81. The van der Waals surface area contributed by atoms with Crippen molar-refractivity contribution in [2.75, 3.05) is 0 Å². The van der Waals surface area contributed by atoms with E-state index in [0.29, 0.717) is 0 Å². The molecule has 0 aliphatic heterocycles. The van der Waals surface area contributed by atoms with Gasteiger partial charge in [-0.2, -0.15) is 0 Å². The predicted molar refractivity (Wildman–Crippen MR) is 62.7 cm³/mol. The van der Waals surface area contributed by atoms with Gasteiger partial charge in [0.2, 0.25) is 0 Å². The maximum Gasteiger partial charge on any atom is 0.00459 e. The maximum absolute atomic E-state index is 4.30. The molecule has 1 aromatic rings.